The first-order valence-electron chi connectivity index (χ1n) is 10.2. The number of halogens is 2. The SMILES string of the molecule is CCOC(=O)c1cc(NC(=O)CN(c2ccc(F)cc2)S(=O)(=O)c2ccc(C)cc2)ccc1Cl. The smallest absolute Gasteiger partial charge is 0.339 e. The third-order valence-corrected chi connectivity index (χ3v) is 6.87. The van der Waals surface area contributed by atoms with Crippen LogP contribution in [0.2, 0.25) is 5.02 Å². The van der Waals surface area contributed by atoms with Gasteiger partial charge >= 0.3 is 5.97 Å². The van der Waals surface area contributed by atoms with Crippen molar-refractivity contribution in [2.75, 3.05) is 22.8 Å². The van der Waals surface area contributed by atoms with Crippen LogP contribution in [0, 0.1) is 12.7 Å². The summed E-state index contributed by atoms with van der Waals surface area (Å²) in [5.41, 5.74) is 1.26. The Kier molecular flexibility index (Phi) is 7.90. The van der Waals surface area contributed by atoms with Crippen LogP contribution in [-0.4, -0.2) is 33.4 Å². The van der Waals surface area contributed by atoms with E-state index < -0.39 is 34.3 Å². The summed E-state index contributed by atoms with van der Waals surface area (Å²) in [4.78, 5) is 24.9. The molecule has 0 heterocycles. The molecule has 178 valence electrons. The number of rotatable bonds is 8. The molecule has 0 saturated heterocycles. The molecule has 0 saturated carbocycles. The highest BCUT2D eigenvalue weighted by Crippen LogP contribution is 2.25. The number of aryl methyl sites for hydroxylation is 1. The van der Waals surface area contributed by atoms with Crippen LogP contribution in [0.25, 0.3) is 0 Å². The summed E-state index contributed by atoms with van der Waals surface area (Å²) in [6.07, 6.45) is 0. The number of nitrogens with zero attached hydrogens (tertiary/aromatic N) is 1. The second-order valence-electron chi connectivity index (χ2n) is 7.26. The van der Waals surface area contributed by atoms with Crippen LogP contribution < -0.4 is 9.62 Å². The third-order valence-electron chi connectivity index (χ3n) is 4.76. The predicted molar refractivity (Wildman–Crippen MR) is 128 cm³/mol. The van der Waals surface area contributed by atoms with E-state index in [1.807, 2.05) is 6.92 Å². The molecule has 3 rings (SSSR count). The van der Waals surface area contributed by atoms with Crippen molar-refractivity contribution in [3.63, 3.8) is 0 Å². The largest absolute Gasteiger partial charge is 0.462 e. The maximum Gasteiger partial charge on any atom is 0.339 e. The second-order valence-corrected chi connectivity index (χ2v) is 9.53. The number of carbonyl (C=O) groups is 2. The molecule has 0 spiro atoms. The van der Waals surface area contributed by atoms with E-state index in [0.717, 1.165) is 22.0 Å². The van der Waals surface area contributed by atoms with Crippen molar-refractivity contribution in [2.45, 2.75) is 18.7 Å². The highest BCUT2D eigenvalue weighted by atomic mass is 35.5. The van der Waals surface area contributed by atoms with Crippen molar-refractivity contribution in [3.05, 3.63) is 88.7 Å². The normalized spacial score (nSPS) is 11.1. The van der Waals surface area contributed by atoms with E-state index in [1.165, 1.54) is 42.5 Å². The molecule has 0 atom stereocenters. The summed E-state index contributed by atoms with van der Waals surface area (Å²) in [5.74, 6) is -1.89. The standard InChI is InChI=1S/C24H22ClFN2O5S/c1-3-33-24(30)21-14-18(8-13-22(21)25)27-23(29)15-28(19-9-6-17(26)7-10-19)34(31,32)20-11-4-16(2)5-12-20/h4-14H,3,15H2,1-2H3,(H,27,29). The van der Waals surface area contributed by atoms with Crippen LogP contribution >= 0.6 is 11.6 Å². The average molecular weight is 505 g/mol. The quantitative estimate of drug-likeness (QED) is 0.445. The number of nitrogens with one attached hydrogen (secondary N) is 1. The average Bonchev–Trinajstić information content (AvgIpc) is 2.80. The number of hydrogen-bond donors (Lipinski definition) is 1. The van der Waals surface area contributed by atoms with E-state index in [0.29, 0.717) is 0 Å². The zero-order chi connectivity index (χ0) is 24.9. The van der Waals surface area contributed by atoms with Crippen LogP contribution in [0.15, 0.2) is 71.6 Å². The van der Waals surface area contributed by atoms with E-state index in [2.05, 4.69) is 5.32 Å². The molecule has 34 heavy (non-hydrogen) atoms. The topological polar surface area (TPSA) is 92.8 Å². The molecule has 0 radical (unpaired) electrons. The number of amides is 1. The van der Waals surface area contributed by atoms with Crippen molar-refractivity contribution in [1.29, 1.82) is 0 Å². The Hall–Kier alpha value is -3.43. The number of ether oxygens (including phenoxy) is 1. The predicted octanol–water partition coefficient (Wildman–Crippen LogP) is 4.80. The summed E-state index contributed by atoms with van der Waals surface area (Å²) in [5, 5.41) is 2.71. The fourth-order valence-corrected chi connectivity index (χ4v) is 4.67. The Morgan fingerprint density at radius 3 is 2.29 bits per heavy atom. The lowest BCUT2D eigenvalue weighted by molar-refractivity contribution is -0.114. The van der Waals surface area contributed by atoms with Gasteiger partial charge in [-0.15, -0.1) is 0 Å². The number of anilines is 2. The number of benzene rings is 3. The van der Waals surface area contributed by atoms with Crippen LogP contribution in [0.5, 0.6) is 0 Å². The van der Waals surface area contributed by atoms with Gasteiger partial charge in [0.25, 0.3) is 10.0 Å². The Balaban J connectivity index is 1.90. The molecule has 0 aliphatic carbocycles. The lowest BCUT2D eigenvalue weighted by Crippen LogP contribution is -2.38. The van der Waals surface area contributed by atoms with E-state index in [1.54, 1.807) is 19.1 Å². The molecule has 0 aliphatic heterocycles. The van der Waals surface area contributed by atoms with Gasteiger partial charge in [-0.1, -0.05) is 29.3 Å². The molecule has 0 aliphatic rings. The van der Waals surface area contributed by atoms with Crippen LogP contribution in [0.4, 0.5) is 15.8 Å². The summed E-state index contributed by atoms with van der Waals surface area (Å²) < 4.78 is 46.0. The van der Waals surface area contributed by atoms with E-state index in [-0.39, 0.29) is 33.5 Å². The number of carbonyl (C=O) groups excluding carboxylic acids is 2. The molecule has 3 aromatic carbocycles. The Morgan fingerprint density at radius 2 is 1.68 bits per heavy atom. The first-order chi connectivity index (χ1) is 16.1. The van der Waals surface area contributed by atoms with Gasteiger partial charge in [0.2, 0.25) is 5.91 Å². The number of esters is 1. The molecule has 0 aromatic heterocycles. The molecule has 7 nitrogen and oxygen atoms in total. The van der Waals surface area contributed by atoms with Gasteiger partial charge in [-0.3, -0.25) is 9.10 Å². The molecular weight excluding hydrogens is 483 g/mol. The summed E-state index contributed by atoms with van der Waals surface area (Å²) >= 11 is 6.05. The lowest BCUT2D eigenvalue weighted by Gasteiger charge is -2.24. The zero-order valence-corrected chi connectivity index (χ0v) is 20.0. The first kappa shape index (κ1) is 25.2. The van der Waals surface area contributed by atoms with Gasteiger partial charge < -0.3 is 10.1 Å². The maximum absolute atomic E-state index is 13.5. The fraction of sp³-hybridized carbons (Fsp3) is 0.167. The Labute approximate surface area is 202 Å². The molecule has 3 aromatic rings. The van der Waals surface area contributed by atoms with Gasteiger partial charge in [0, 0.05) is 5.69 Å². The minimum atomic E-state index is -4.15. The molecule has 0 bridgehead atoms. The fourth-order valence-electron chi connectivity index (χ4n) is 3.06. The van der Waals surface area contributed by atoms with Gasteiger partial charge in [0.15, 0.2) is 0 Å². The summed E-state index contributed by atoms with van der Waals surface area (Å²) in [6.45, 7) is 3.02. The van der Waals surface area contributed by atoms with Crippen molar-refractivity contribution in [3.8, 4) is 0 Å². The molecule has 1 N–H and O–H groups in total. The van der Waals surface area contributed by atoms with Gasteiger partial charge in [-0.05, 0) is 68.4 Å². The molecule has 1 amide bonds. The highest BCUT2D eigenvalue weighted by molar-refractivity contribution is 7.92. The lowest BCUT2D eigenvalue weighted by atomic mass is 10.2. The van der Waals surface area contributed by atoms with E-state index in [4.69, 9.17) is 16.3 Å². The Bertz CT molecular complexity index is 1300. The molecule has 10 heteroatoms. The highest BCUT2D eigenvalue weighted by Gasteiger charge is 2.27. The third kappa shape index (κ3) is 5.92. The minimum Gasteiger partial charge on any atom is -0.462 e. The Morgan fingerprint density at radius 1 is 1.03 bits per heavy atom. The van der Waals surface area contributed by atoms with Gasteiger partial charge in [0.05, 0.1) is 27.8 Å². The van der Waals surface area contributed by atoms with Crippen molar-refractivity contribution in [2.24, 2.45) is 0 Å². The van der Waals surface area contributed by atoms with E-state index >= 15 is 0 Å². The number of hydrogen-bond acceptors (Lipinski definition) is 5. The number of sulfonamides is 1. The first-order valence-corrected chi connectivity index (χ1v) is 12.0. The van der Waals surface area contributed by atoms with Crippen LogP contribution in [-0.2, 0) is 19.6 Å². The monoisotopic (exact) mass is 504 g/mol. The molecule has 0 unspecified atom stereocenters. The van der Waals surface area contributed by atoms with Gasteiger partial charge in [0.1, 0.15) is 12.4 Å². The zero-order valence-electron chi connectivity index (χ0n) is 18.4. The van der Waals surface area contributed by atoms with Crippen molar-refractivity contribution >= 4 is 44.9 Å². The molecule has 0 fully saturated rings. The molecular formula is C24H22ClFN2O5S. The minimum absolute atomic E-state index is 0.0219. The van der Waals surface area contributed by atoms with E-state index in [9.17, 15) is 22.4 Å². The maximum atomic E-state index is 13.5. The summed E-state index contributed by atoms with van der Waals surface area (Å²) in [6, 6.07) is 15.1. The second kappa shape index (κ2) is 10.7. The van der Waals surface area contributed by atoms with Gasteiger partial charge in [-0.25, -0.2) is 17.6 Å². The van der Waals surface area contributed by atoms with Crippen molar-refractivity contribution < 1.29 is 27.1 Å². The van der Waals surface area contributed by atoms with Crippen LogP contribution in [0.3, 0.4) is 0 Å². The van der Waals surface area contributed by atoms with Gasteiger partial charge in [-0.2, -0.15) is 0 Å². The van der Waals surface area contributed by atoms with Crippen molar-refractivity contribution in [1.82, 2.24) is 0 Å². The van der Waals surface area contributed by atoms with Crippen LogP contribution in [0.1, 0.15) is 22.8 Å². The summed E-state index contributed by atoms with van der Waals surface area (Å²) in [7, 11) is -4.15.